The van der Waals surface area contributed by atoms with Crippen LogP contribution in [0.3, 0.4) is 0 Å². The van der Waals surface area contributed by atoms with E-state index in [1.54, 1.807) is 24.3 Å². The first-order valence-electron chi connectivity index (χ1n) is 5.08. The fourth-order valence-corrected chi connectivity index (χ4v) is 1.85. The molecule has 2 rings (SSSR count). The van der Waals surface area contributed by atoms with Gasteiger partial charge < -0.3 is 0 Å². The fourth-order valence-electron chi connectivity index (χ4n) is 1.69. The van der Waals surface area contributed by atoms with Gasteiger partial charge in [-0.25, -0.2) is 4.39 Å². The van der Waals surface area contributed by atoms with E-state index in [0.717, 1.165) is 11.1 Å². The Balaban J connectivity index is 2.64. The molecule has 0 radical (unpaired) electrons. The highest BCUT2D eigenvalue weighted by Gasteiger charge is 2.09. The van der Waals surface area contributed by atoms with Gasteiger partial charge in [-0.1, -0.05) is 17.7 Å². The molecule has 1 nitrogen and oxygen atoms in total. The standard InChI is InChI=1S/C14H9ClFN/c1-9-2-3-10(8-17)6-13(9)12-5-4-11(15)7-14(12)16/h2-7H,1H3. The van der Waals surface area contributed by atoms with Gasteiger partial charge in [-0.3, -0.25) is 0 Å². The minimum atomic E-state index is -0.379. The highest BCUT2D eigenvalue weighted by molar-refractivity contribution is 6.30. The molecule has 0 aliphatic carbocycles. The van der Waals surface area contributed by atoms with Crippen LogP contribution < -0.4 is 0 Å². The molecule has 0 aliphatic rings. The number of rotatable bonds is 1. The molecule has 0 N–H and O–H groups in total. The summed E-state index contributed by atoms with van der Waals surface area (Å²) in [6.07, 6.45) is 0. The average molecular weight is 246 g/mol. The summed E-state index contributed by atoms with van der Waals surface area (Å²) in [5.41, 5.74) is 2.62. The van der Waals surface area contributed by atoms with E-state index in [2.05, 4.69) is 0 Å². The van der Waals surface area contributed by atoms with Gasteiger partial charge in [0.05, 0.1) is 11.6 Å². The minimum absolute atomic E-state index is 0.361. The minimum Gasteiger partial charge on any atom is -0.206 e. The number of hydrogen-bond acceptors (Lipinski definition) is 1. The Morgan fingerprint density at radius 2 is 1.88 bits per heavy atom. The Hall–Kier alpha value is -1.85. The molecule has 0 atom stereocenters. The fraction of sp³-hybridized carbons (Fsp3) is 0.0714. The molecule has 3 heteroatoms. The monoisotopic (exact) mass is 245 g/mol. The van der Waals surface area contributed by atoms with Crippen molar-refractivity contribution in [3.05, 3.63) is 58.4 Å². The Morgan fingerprint density at radius 3 is 2.53 bits per heavy atom. The topological polar surface area (TPSA) is 23.8 Å². The smallest absolute Gasteiger partial charge is 0.132 e. The van der Waals surface area contributed by atoms with Crippen LogP contribution in [0.2, 0.25) is 5.02 Å². The summed E-state index contributed by atoms with van der Waals surface area (Å²) in [6, 6.07) is 11.8. The lowest BCUT2D eigenvalue weighted by molar-refractivity contribution is 0.631. The van der Waals surface area contributed by atoms with E-state index in [9.17, 15) is 4.39 Å². The summed E-state index contributed by atoms with van der Waals surface area (Å²) in [5, 5.41) is 9.21. The molecule has 0 amide bonds. The van der Waals surface area contributed by atoms with Crippen LogP contribution >= 0.6 is 11.6 Å². The highest BCUT2D eigenvalue weighted by Crippen LogP contribution is 2.28. The number of halogens is 2. The summed E-state index contributed by atoms with van der Waals surface area (Å²) in [7, 11) is 0. The summed E-state index contributed by atoms with van der Waals surface area (Å²) in [4.78, 5) is 0. The molecular formula is C14H9ClFN. The van der Waals surface area contributed by atoms with E-state index >= 15 is 0 Å². The highest BCUT2D eigenvalue weighted by atomic mass is 35.5. The van der Waals surface area contributed by atoms with Crippen LogP contribution in [-0.4, -0.2) is 0 Å². The first-order valence-corrected chi connectivity index (χ1v) is 5.46. The van der Waals surface area contributed by atoms with Crippen molar-refractivity contribution in [3.63, 3.8) is 0 Å². The van der Waals surface area contributed by atoms with Crippen molar-refractivity contribution in [2.24, 2.45) is 0 Å². The van der Waals surface area contributed by atoms with E-state index < -0.39 is 0 Å². The van der Waals surface area contributed by atoms with Gasteiger partial charge >= 0.3 is 0 Å². The third-order valence-corrected chi connectivity index (χ3v) is 2.82. The second-order valence-corrected chi connectivity index (χ2v) is 4.20. The zero-order chi connectivity index (χ0) is 12.4. The van der Waals surface area contributed by atoms with Crippen molar-refractivity contribution in [1.82, 2.24) is 0 Å². The predicted molar refractivity (Wildman–Crippen MR) is 66.3 cm³/mol. The van der Waals surface area contributed by atoms with Crippen molar-refractivity contribution in [2.45, 2.75) is 6.92 Å². The maximum Gasteiger partial charge on any atom is 0.132 e. The summed E-state index contributed by atoms with van der Waals surface area (Å²) < 4.78 is 13.8. The molecule has 0 fully saturated rings. The molecule has 0 bridgehead atoms. The largest absolute Gasteiger partial charge is 0.206 e. The van der Waals surface area contributed by atoms with Gasteiger partial charge in [0.1, 0.15) is 5.82 Å². The van der Waals surface area contributed by atoms with Gasteiger partial charge in [-0.15, -0.1) is 0 Å². The summed E-state index contributed by atoms with van der Waals surface area (Å²) in [6.45, 7) is 1.88. The maximum atomic E-state index is 13.8. The van der Waals surface area contributed by atoms with Crippen LogP contribution in [0.25, 0.3) is 11.1 Å². The number of hydrogen-bond donors (Lipinski definition) is 0. The SMILES string of the molecule is Cc1ccc(C#N)cc1-c1ccc(Cl)cc1F. The van der Waals surface area contributed by atoms with Gasteiger partial charge in [-0.2, -0.15) is 5.26 Å². The lowest BCUT2D eigenvalue weighted by Gasteiger charge is -2.08. The quantitative estimate of drug-likeness (QED) is 0.734. The number of nitriles is 1. The Morgan fingerprint density at radius 1 is 1.12 bits per heavy atom. The average Bonchev–Trinajstić information content (AvgIpc) is 2.30. The molecule has 0 unspecified atom stereocenters. The molecule has 0 spiro atoms. The molecule has 84 valence electrons. The van der Waals surface area contributed by atoms with Crippen molar-refractivity contribution >= 4 is 11.6 Å². The van der Waals surface area contributed by atoms with Crippen LogP contribution in [0, 0.1) is 24.1 Å². The maximum absolute atomic E-state index is 13.8. The summed E-state index contributed by atoms with van der Waals surface area (Å²) in [5.74, 6) is -0.379. The Labute approximate surface area is 104 Å². The van der Waals surface area contributed by atoms with Crippen LogP contribution in [0.5, 0.6) is 0 Å². The molecule has 0 heterocycles. The molecule has 2 aromatic carbocycles. The molecule has 0 saturated heterocycles. The molecule has 0 aromatic heterocycles. The van der Waals surface area contributed by atoms with E-state index in [-0.39, 0.29) is 5.82 Å². The zero-order valence-corrected chi connectivity index (χ0v) is 9.92. The van der Waals surface area contributed by atoms with Gasteiger partial charge in [0.2, 0.25) is 0 Å². The lowest BCUT2D eigenvalue weighted by atomic mass is 9.98. The predicted octanol–water partition coefficient (Wildman–Crippen LogP) is 4.33. The van der Waals surface area contributed by atoms with Crippen molar-refractivity contribution in [3.8, 4) is 17.2 Å². The molecule has 0 aliphatic heterocycles. The molecule has 0 saturated carbocycles. The lowest BCUT2D eigenvalue weighted by Crippen LogP contribution is -1.89. The van der Waals surface area contributed by atoms with E-state index in [0.29, 0.717) is 16.1 Å². The van der Waals surface area contributed by atoms with Crippen LogP contribution in [0.1, 0.15) is 11.1 Å². The number of aryl methyl sites for hydroxylation is 1. The second-order valence-electron chi connectivity index (χ2n) is 3.77. The molecule has 17 heavy (non-hydrogen) atoms. The summed E-state index contributed by atoms with van der Waals surface area (Å²) >= 11 is 5.71. The van der Waals surface area contributed by atoms with Crippen LogP contribution in [0.4, 0.5) is 4.39 Å². The Kier molecular flexibility index (Phi) is 3.12. The van der Waals surface area contributed by atoms with Gasteiger partial charge in [0.25, 0.3) is 0 Å². The van der Waals surface area contributed by atoms with Gasteiger partial charge in [-0.05, 0) is 48.4 Å². The molecular weight excluding hydrogens is 237 g/mol. The van der Waals surface area contributed by atoms with E-state index in [4.69, 9.17) is 16.9 Å². The first kappa shape index (κ1) is 11.6. The zero-order valence-electron chi connectivity index (χ0n) is 9.17. The van der Waals surface area contributed by atoms with Crippen molar-refractivity contribution in [1.29, 1.82) is 5.26 Å². The van der Waals surface area contributed by atoms with Crippen molar-refractivity contribution in [2.75, 3.05) is 0 Å². The second kappa shape index (κ2) is 4.57. The first-order chi connectivity index (χ1) is 8.11. The third-order valence-electron chi connectivity index (χ3n) is 2.59. The molecule has 2 aromatic rings. The normalized spacial score (nSPS) is 10.0. The van der Waals surface area contributed by atoms with Crippen LogP contribution in [-0.2, 0) is 0 Å². The van der Waals surface area contributed by atoms with E-state index in [1.165, 1.54) is 6.07 Å². The van der Waals surface area contributed by atoms with E-state index in [1.807, 2.05) is 19.1 Å². The Bertz CT molecular complexity index is 614. The van der Waals surface area contributed by atoms with Crippen LogP contribution in [0.15, 0.2) is 36.4 Å². The third kappa shape index (κ3) is 2.30. The van der Waals surface area contributed by atoms with Crippen molar-refractivity contribution < 1.29 is 4.39 Å². The number of nitrogens with zero attached hydrogens (tertiary/aromatic N) is 1. The number of benzene rings is 2. The van der Waals surface area contributed by atoms with Gasteiger partial charge in [0, 0.05) is 10.6 Å². The van der Waals surface area contributed by atoms with Gasteiger partial charge in [0.15, 0.2) is 0 Å².